The number of hydrogen-bond acceptors (Lipinski definition) is 5. The molecule has 2 N–H and O–H groups in total. The summed E-state index contributed by atoms with van der Waals surface area (Å²) in [5.74, 6) is 0.650. The van der Waals surface area contributed by atoms with Gasteiger partial charge in [0, 0.05) is 16.5 Å². The van der Waals surface area contributed by atoms with E-state index in [1.54, 1.807) is 24.5 Å². The lowest BCUT2D eigenvalue weighted by Gasteiger charge is -2.21. The Morgan fingerprint density at radius 3 is 3.10 bits per heavy atom. The molecule has 112 valence electrons. The SMILES string of the molecule is CCNC1CCCc2nc(-c3ccc(O)c(OC)c3)sc21. The third-order valence-electron chi connectivity index (χ3n) is 3.83. The Balaban J connectivity index is 1.97. The molecule has 0 radical (unpaired) electrons. The molecule has 1 atom stereocenters. The maximum atomic E-state index is 9.70. The monoisotopic (exact) mass is 304 g/mol. The molecule has 0 spiro atoms. The van der Waals surface area contributed by atoms with Crippen molar-refractivity contribution in [2.75, 3.05) is 13.7 Å². The van der Waals surface area contributed by atoms with E-state index < -0.39 is 0 Å². The third kappa shape index (κ3) is 2.76. The second kappa shape index (κ2) is 6.03. The minimum atomic E-state index is 0.160. The molecule has 1 heterocycles. The lowest BCUT2D eigenvalue weighted by molar-refractivity contribution is 0.373. The van der Waals surface area contributed by atoms with Crippen molar-refractivity contribution in [3.8, 4) is 22.1 Å². The van der Waals surface area contributed by atoms with Gasteiger partial charge in [-0.25, -0.2) is 4.98 Å². The standard InChI is InChI=1S/C16H20N2O2S/c1-3-17-11-5-4-6-12-15(11)21-16(18-12)10-7-8-13(19)14(9-10)20-2/h7-9,11,17,19H,3-6H2,1-2H3. The topological polar surface area (TPSA) is 54.4 Å². The van der Waals surface area contributed by atoms with E-state index in [1.807, 2.05) is 12.1 Å². The number of phenolic OH excluding ortho intramolecular Hbond substituents is 1. The third-order valence-corrected chi connectivity index (χ3v) is 5.09. The van der Waals surface area contributed by atoms with Gasteiger partial charge in [-0.05, 0) is 44.0 Å². The number of thiazole rings is 1. The summed E-state index contributed by atoms with van der Waals surface area (Å²) >= 11 is 1.75. The molecule has 0 saturated heterocycles. The van der Waals surface area contributed by atoms with Crippen molar-refractivity contribution in [2.45, 2.75) is 32.2 Å². The molecule has 2 aromatic rings. The zero-order chi connectivity index (χ0) is 14.8. The molecule has 1 aromatic carbocycles. The first kappa shape index (κ1) is 14.4. The van der Waals surface area contributed by atoms with E-state index in [1.165, 1.54) is 23.4 Å². The second-order valence-electron chi connectivity index (χ2n) is 5.22. The summed E-state index contributed by atoms with van der Waals surface area (Å²) in [5.41, 5.74) is 2.22. The van der Waals surface area contributed by atoms with Crippen molar-refractivity contribution >= 4 is 11.3 Å². The quantitative estimate of drug-likeness (QED) is 0.907. The summed E-state index contributed by atoms with van der Waals surface area (Å²) in [6.45, 7) is 3.12. The Morgan fingerprint density at radius 2 is 2.33 bits per heavy atom. The molecule has 1 aliphatic rings. The van der Waals surface area contributed by atoms with Crippen molar-refractivity contribution in [1.29, 1.82) is 0 Å². The summed E-state index contributed by atoms with van der Waals surface area (Å²) in [6, 6.07) is 5.84. The van der Waals surface area contributed by atoms with E-state index in [9.17, 15) is 5.11 Å². The molecule has 1 aliphatic carbocycles. The number of fused-ring (bicyclic) bond motifs is 1. The molecule has 0 bridgehead atoms. The van der Waals surface area contributed by atoms with Crippen molar-refractivity contribution in [3.63, 3.8) is 0 Å². The minimum absolute atomic E-state index is 0.160. The van der Waals surface area contributed by atoms with Gasteiger partial charge >= 0.3 is 0 Å². The van der Waals surface area contributed by atoms with Gasteiger partial charge < -0.3 is 15.2 Å². The number of aromatic hydroxyl groups is 1. The van der Waals surface area contributed by atoms with E-state index in [2.05, 4.69) is 12.2 Å². The van der Waals surface area contributed by atoms with Crippen LogP contribution in [0.25, 0.3) is 10.6 Å². The van der Waals surface area contributed by atoms with Crippen LogP contribution in [0.5, 0.6) is 11.5 Å². The van der Waals surface area contributed by atoms with E-state index in [-0.39, 0.29) is 5.75 Å². The number of nitrogens with one attached hydrogen (secondary N) is 1. The Morgan fingerprint density at radius 1 is 1.48 bits per heavy atom. The van der Waals surface area contributed by atoms with Gasteiger partial charge in [-0.2, -0.15) is 0 Å². The van der Waals surface area contributed by atoms with E-state index in [0.29, 0.717) is 11.8 Å². The molecule has 0 saturated carbocycles. The van der Waals surface area contributed by atoms with Gasteiger partial charge in [-0.1, -0.05) is 6.92 Å². The zero-order valence-corrected chi connectivity index (χ0v) is 13.2. The summed E-state index contributed by atoms with van der Waals surface area (Å²) < 4.78 is 5.18. The highest BCUT2D eigenvalue weighted by atomic mass is 32.1. The maximum absolute atomic E-state index is 9.70. The highest BCUT2D eigenvalue weighted by Gasteiger charge is 2.24. The molecule has 0 amide bonds. The van der Waals surface area contributed by atoms with Crippen molar-refractivity contribution < 1.29 is 9.84 Å². The normalized spacial score (nSPS) is 17.5. The van der Waals surface area contributed by atoms with Gasteiger partial charge in [-0.3, -0.25) is 0 Å². The number of aromatic nitrogens is 1. The van der Waals surface area contributed by atoms with Crippen LogP contribution in [-0.2, 0) is 6.42 Å². The van der Waals surface area contributed by atoms with Gasteiger partial charge in [0.1, 0.15) is 5.01 Å². The van der Waals surface area contributed by atoms with Crippen molar-refractivity contribution in [1.82, 2.24) is 10.3 Å². The fourth-order valence-electron chi connectivity index (χ4n) is 2.79. The van der Waals surface area contributed by atoms with E-state index in [0.717, 1.165) is 23.5 Å². The van der Waals surface area contributed by atoms with Crippen molar-refractivity contribution in [2.24, 2.45) is 0 Å². The summed E-state index contributed by atoms with van der Waals surface area (Å²) in [4.78, 5) is 6.17. The first-order valence-corrected chi connectivity index (χ1v) is 8.15. The number of ether oxygens (including phenoxy) is 1. The molecule has 4 nitrogen and oxygen atoms in total. The molecule has 3 rings (SSSR count). The number of benzene rings is 1. The van der Waals surface area contributed by atoms with Crippen LogP contribution in [0.2, 0.25) is 0 Å². The zero-order valence-electron chi connectivity index (χ0n) is 12.3. The Kier molecular flexibility index (Phi) is 4.12. The molecule has 0 fully saturated rings. The predicted molar refractivity (Wildman–Crippen MR) is 85.1 cm³/mol. The van der Waals surface area contributed by atoms with Crippen LogP contribution in [0, 0.1) is 0 Å². The Hall–Kier alpha value is -1.59. The average Bonchev–Trinajstić information content (AvgIpc) is 2.93. The summed E-state index contributed by atoms with van der Waals surface area (Å²) in [5, 5.41) is 14.2. The van der Waals surface area contributed by atoms with E-state index in [4.69, 9.17) is 9.72 Å². The van der Waals surface area contributed by atoms with Gasteiger partial charge in [0.25, 0.3) is 0 Å². The Bertz CT molecular complexity index is 639. The van der Waals surface area contributed by atoms with E-state index >= 15 is 0 Å². The number of aryl methyl sites for hydroxylation is 1. The lowest BCUT2D eigenvalue weighted by Crippen LogP contribution is -2.23. The number of methoxy groups -OCH3 is 1. The molecular weight excluding hydrogens is 284 g/mol. The molecule has 0 aliphatic heterocycles. The molecule has 1 aromatic heterocycles. The highest BCUT2D eigenvalue weighted by molar-refractivity contribution is 7.15. The van der Waals surface area contributed by atoms with Crippen LogP contribution in [0.1, 0.15) is 36.4 Å². The maximum Gasteiger partial charge on any atom is 0.161 e. The van der Waals surface area contributed by atoms with Gasteiger partial charge in [0.05, 0.1) is 12.8 Å². The average molecular weight is 304 g/mol. The molecular formula is C16H20N2O2S. The lowest BCUT2D eigenvalue weighted by atomic mass is 9.98. The second-order valence-corrected chi connectivity index (χ2v) is 6.25. The van der Waals surface area contributed by atoms with Crippen LogP contribution >= 0.6 is 11.3 Å². The summed E-state index contributed by atoms with van der Waals surface area (Å²) in [6.07, 6.45) is 3.43. The first-order chi connectivity index (χ1) is 10.2. The fraction of sp³-hybridized carbons (Fsp3) is 0.438. The Labute approximate surface area is 128 Å². The fourth-order valence-corrected chi connectivity index (χ4v) is 4.01. The number of phenols is 1. The smallest absolute Gasteiger partial charge is 0.161 e. The first-order valence-electron chi connectivity index (χ1n) is 7.33. The van der Waals surface area contributed by atoms with Gasteiger partial charge in [0.2, 0.25) is 0 Å². The van der Waals surface area contributed by atoms with Crippen LogP contribution in [0.15, 0.2) is 18.2 Å². The van der Waals surface area contributed by atoms with Gasteiger partial charge in [0.15, 0.2) is 11.5 Å². The molecule has 21 heavy (non-hydrogen) atoms. The minimum Gasteiger partial charge on any atom is -0.504 e. The van der Waals surface area contributed by atoms with Crippen LogP contribution < -0.4 is 10.1 Å². The number of hydrogen-bond donors (Lipinski definition) is 2. The molecule has 1 unspecified atom stereocenters. The largest absolute Gasteiger partial charge is 0.504 e. The van der Waals surface area contributed by atoms with Gasteiger partial charge in [-0.15, -0.1) is 11.3 Å². The number of rotatable bonds is 4. The summed E-state index contributed by atoms with van der Waals surface area (Å²) in [7, 11) is 1.56. The predicted octanol–water partition coefficient (Wildman–Crippen LogP) is 3.51. The number of nitrogens with zero attached hydrogens (tertiary/aromatic N) is 1. The molecule has 5 heteroatoms. The van der Waals surface area contributed by atoms with Crippen molar-refractivity contribution in [3.05, 3.63) is 28.8 Å². The van der Waals surface area contributed by atoms with Crippen LogP contribution in [0.4, 0.5) is 0 Å². The van der Waals surface area contributed by atoms with Crippen LogP contribution in [-0.4, -0.2) is 23.7 Å². The highest BCUT2D eigenvalue weighted by Crippen LogP contribution is 2.39. The van der Waals surface area contributed by atoms with Crippen LogP contribution in [0.3, 0.4) is 0 Å².